The number of nitro groups is 2. The molecule has 12 nitrogen and oxygen atoms in total. The van der Waals surface area contributed by atoms with Gasteiger partial charge in [-0.1, -0.05) is 26.0 Å². The van der Waals surface area contributed by atoms with Crippen LogP contribution >= 0.6 is 0 Å². The third-order valence-electron chi connectivity index (χ3n) is 4.73. The second kappa shape index (κ2) is 10.2. The van der Waals surface area contributed by atoms with E-state index >= 15 is 0 Å². The Kier molecular flexibility index (Phi) is 9.07. The molecule has 0 saturated heterocycles. The number of carbonyl (C=O) groups excluding carboxylic acids is 2. The van der Waals surface area contributed by atoms with E-state index in [0.717, 1.165) is 0 Å². The molecule has 0 radical (unpaired) electrons. The van der Waals surface area contributed by atoms with Crippen LogP contribution in [-0.4, -0.2) is 44.8 Å². The fourth-order valence-corrected chi connectivity index (χ4v) is 2.93. The van der Waals surface area contributed by atoms with Crippen LogP contribution in [0.5, 0.6) is 0 Å². The van der Waals surface area contributed by atoms with Crippen LogP contribution < -0.4 is 11.5 Å². The summed E-state index contributed by atoms with van der Waals surface area (Å²) in [4.78, 5) is 45.8. The smallest absolute Gasteiger partial charge is 0.254 e. The minimum atomic E-state index is -2.14. The van der Waals surface area contributed by atoms with Gasteiger partial charge in [-0.15, -0.1) is 13.2 Å². The fraction of sp³-hybridized carbons (Fsp3) is 0.625. The molecule has 0 saturated carbocycles. The van der Waals surface area contributed by atoms with Gasteiger partial charge in [0.05, 0.1) is 0 Å². The van der Waals surface area contributed by atoms with Crippen molar-refractivity contribution >= 4 is 11.8 Å². The predicted molar refractivity (Wildman–Crippen MR) is 100 cm³/mol. The molecule has 28 heavy (non-hydrogen) atoms. The molecule has 156 valence electrons. The third kappa shape index (κ3) is 4.75. The first-order valence-electron chi connectivity index (χ1n) is 8.53. The Morgan fingerprint density at radius 3 is 1.36 bits per heavy atom. The third-order valence-corrected chi connectivity index (χ3v) is 4.73. The lowest BCUT2D eigenvalue weighted by Crippen LogP contribution is -2.57. The van der Waals surface area contributed by atoms with Crippen LogP contribution in [0.4, 0.5) is 0 Å². The van der Waals surface area contributed by atoms with Gasteiger partial charge in [-0.3, -0.25) is 29.8 Å². The normalized spacial score (nSPS) is 17.6. The summed E-state index contributed by atoms with van der Waals surface area (Å²) in [5.74, 6) is -2.31. The van der Waals surface area contributed by atoms with Crippen molar-refractivity contribution in [1.82, 2.24) is 0 Å². The molecule has 4 unspecified atom stereocenters. The summed E-state index contributed by atoms with van der Waals surface area (Å²) in [6.07, 6.45) is 1.46. The van der Waals surface area contributed by atoms with E-state index in [9.17, 15) is 29.8 Å². The van der Waals surface area contributed by atoms with E-state index in [2.05, 4.69) is 23.4 Å². The van der Waals surface area contributed by atoms with Crippen molar-refractivity contribution in [3.8, 4) is 0 Å². The first-order chi connectivity index (χ1) is 13.0. The van der Waals surface area contributed by atoms with E-state index in [-0.39, 0.29) is 25.7 Å². The number of azo groups is 1. The van der Waals surface area contributed by atoms with Crippen molar-refractivity contribution in [2.75, 3.05) is 0 Å². The van der Waals surface area contributed by atoms with E-state index in [0.29, 0.717) is 0 Å². The van der Waals surface area contributed by atoms with Gasteiger partial charge in [0.1, 0.15) is 0 Å². The molecule has 0 aliphatic rings. The van der Waals surface area contributed by atoms with Crippen molar-refractivity contribution in [3.05, 3.63) is 45.5 Å². The monoisotopic (exact) mass is 398 g/mol. The van der Waals surface area contributed by atoms with Gasteiger partial charge in [0.25, 0.3) is 23.9 Å². The minimum Gasteiger partial charge on any atom is -0.367 e. The summed E-state index contributed by atoms with van der Waals surface area (Å²) in [6, 6.07) is -3.24. The summed E-state index contributed by atoms with van der Waals surface area (Å²) in [5.41, 5.74) is 6.52. The first kappa shape index (κ1) is 24.8. The Labute approximate surface area is 162 Å². The maximum absolute atomic E-state index is 12.1. The van der Waals surface area contributed by atoms with E-state index < -0.39 is 44.8 Å². The molecule has 0 spiro atoms. The number of nitrogens with zero attached hydrogens (tertiary/aromatic N) is 4. The molecule has 0 bridgehead atoms. The van der Waals surface area contributed by atoms with Gasteiger partial charge < -0.3 is 11.5 Å². The van der Waals surface area contributed by atoms with Crippen LogP contribution in [0, 0.1) is 20.2 Å². The lowest BCUT2D eigenvalue weighted by atomic mass is 9.84. The molecule has 0 aromatic carbocycles. The molecule has 4 atom stereocenters. The molecule has 0 aliphatic carbocycles. The highest BCUT2D eigenvalue weighted by Gasteiger charge is 2.55. The number of hydrogen-bond donors (Lipinski definition) is 2. The number of carbonyl (C=O) groups is 2. The van der Waals surface area contributed by atoms with Crippen molar-refractivity contribution in [3.63, 3.8) is 0 Å². The highest BCUT2D eigenvalue weighted by Crippen LogP contribution is 2.32. The number of primary amides is 2. The van der Waals surface area contributed by atoms with Gasteiger partial charge in [-0.25, -0.2) is 0 Å². The molecule has 0 aromatic rings. The summed E-state index contributed by atoms with van der Waals surface area (Å²) in [6.45, 7) is 9.68. The van der Waals surface area contributed by atoms with Crippen LogP contribution in [0.25, 0.3) is 0 Å². The molecule has 0 aliphatic heterocycles. The van der Waals surface area contributed by atoms with Crippen molar-refractivity contribution < 1.29 is 19.4 Å². The largest absolute Gasteiger partial charge is 0.367 e. The summed E-state index contributed by atoms with van der Waals surface area (Å²) in [7, 11) is 0. The SMILES string of the molecule is C=CCC([N+](=O)[O-])C(CC)(N=NC(CC)(C(N)=O)C(CC=C)[N+](=O)[O-])C(N)=O. The van der Waals surface area contributed by atoms with Gasteiger partial charge in [-0.2, -0.15) is 10.2 Å². The number of rotatable bonds is 14. The Balaban J connectivity index is 6.70. The number of hydrogen-bond acceptors (Lipinski definition) is 8. The zero-order valence-electron chi connectivity index (χ0n) is 15.9. The summed E-state index contributed by atoms with van der Waals surface area (Å²) >= 11 is 0. The summed E-state index contributed by atoms with van der Waals surface area (Å²) in [5, 5.41) is 30.6. The molecule has 2 amide bonds. The van der Waals surface area contributed by atoms with Crippen molar-refractivity contribution in [2.45, 2.75) is 62.7 Å². The summed E-state index contributed by atoms with van der Waals surface area (Å²) < 4.78 is 0. The number of nitrogens with two attached hydrogens (primary N) is 2. The van der Waals surface area contributed by atoms with E-state index in [1.54, 1.807) is 0 Å². The maximum Gasteiger partial charge on any atom is 0.254 e. The van der Waals surface area contributed by atoms with E-state index in [1.165, 1.54) is 26.0 Å². The Morgan fingerprint density at radius 1 is 0.929 bits per heavy atom. The minimum absolute atomic E-state index is 0.228. The second-order valence-electron chi connectivity index (χ2n) is 6.14. The zero-order valence-corrected chi connectivity index (χ0v) is 15.9. The molecular formula is C16H26N6O6. The highest BCUT2D eigenvalue weighted by molar-refractivity contribution is 5.87. The van der Waals surface area contributed by atoms with Gasteiger partial charge in [0.15, 0.2) is 0 Å². The molecular weight excluding hydrogens is 372 g/mol. The van der Waals surface area contributed by atoms with Gasteiger partial charge in [0.2, 0.25) is 11.1 Å². The lowest BCUT2D eigenvalue weighted by Gasteiger charge is -2.30. The van der Waals surface area contributed by atoms with Crippen LogP contribution in [0.3, 0.4) is 0 Å². The lowest BCUT2D eigenvalue weighted by molar-refractivity contribution is -0.532. The van der Waals surface area contributed by atoms with Gasteiger partial charge >= 0.3 is 0 Å². The van der Waals surface area contributed by atoms with Crippen molar-refractivity contribution in [1.29, 1.82) is 0 Å². The Bertz CT molecular complexity index is 625. The Morgan fingerprint density at radius 2 is 1.21 bits per heavy atom. The fourth-order valence-electron chi connectivity index (χ4n) is 2.93. The molecule has 0 rings (SSSR count). The van der Waals surface area contributed by atoms with Crippen molar-refractivity contribution in [2.24, 2.45) is 21.7 Å². The average molecular weight is 398 g/mol. The van der Waals surface area contributed by atoms with Crippen LogP contribution in [0.2, 0.25) is 0 Å². The van der Waals surface area contributed by atoms with Crippen LogP contribution in [-0.2, 0) is 9.59 Å². The highest BCUT2D eigenvalue weighted by atomic mass is 16.6. The van der Waals surface area contributed by atoms with Crippen LogP contribution in [0.1, 0.15) is 39.5 Å². The molecule has 0 aromatic heterocycles. The molecule has 0 fully saturated rings. The van der Waals surface area contributed by atoms with Crippen LogP contribution in [0.15, 0.2) is 35.5 Å². The van der Waals surface area contributed by atoms with Gasteiger partial charge in [-0.05, 0) is 12.8 Å². The first-order valence-corrected chi connectivity index (χ1v) is 8.53. The molecule has 4 N–H and O–H groups in total. The topological polar surface area (TPSA) is 197 Å². The number of amides is 2. The van der Waals surface area contributed by atoms with E-state index in [4.69, 9.17) is 11.5 Å². The zero-order chi connectivity index (χ0) is 22.1. The molecule has 12 heteroatoms. The van der Waals surface area contributed by atoms with Gasteiger partial charge in [0, 0.05) is 22.7 Å². The average Bonchev–Trinajstić information content (AvgIpc) is 2.62. The Hall–Kier alpha value is -3.18. The predicted octanol–water partition coefficient (Wildman–Crippen LogP) is 1.15. The maximum atomic E-state index is 12.1. The molecule has 0 heterocycles. The van der Waals surface area contributed by atoms with E-state index in [1.807, 2.05) is 0 Å². The standard InChI is InChI=1S/C16H26N6O6/c1-5-9-11(21(25)26)15(7-3,13(17)23)19-20-16(8-4,14(18)24)12(10-6-2)22(27)28/h5-6,11-12H,1-2,7-10H2,3-4H3,(H2,17,23)(H2,18,24). The second-order valence-corrected chi connectivity index (χ2v) is 6.14. The quantitative estimate of drug-likeness (QED) is 0.190.